The molecule has 0 aliphatic carbocycles. The number of thiocarbonyl (C=S) groups is 1. The summed E-state index contributed by atoms with van der Waals surface area (Å²) in [5.41, 5.74) is 27.9. The van der Waals surface area contributed by atoms with Gasteiger partial charge in [-0.15, -0.1) is 0 Å². The van der Waals surface area contributed by atoms with Gasteiger partial charge in [0.05, 0.1) is 33.6 Å². The standard InChI is InChI=1S/C54H47N5S/c1-29-22-32(4)48(33(5)23-29)52-42-16-14-40(56-42)51(38-10-12-39(13-11-38)55-28-60)41-15-17-43(57-41)53(49-34(6)24-30(2)25-35(49)7)45-19-21-47(59-45)54(46-20-18-44(52)58-46)50-36(8)26-31(3)27-37(50)9/h10-27,56,59H,1-9H3. The van der Waals surface area contributed by atoms with Crippen molar-refractivity contribution in [2.75, 3.05) is 0 Å². The summed E-state index contributed by atoms with van der Waals surface area (Å²) in [5, 5.41) is 2.50. The highest BCUT2D eigenvalue weighted by Gasteiger charge is 2.22. The van der Waals surface area contributed by atoms with Gasteiger partial charge in [-0.25, -0.2) is 9.97 Å². The summed E-state index contributed by atoms with van der Waals surface area (Å²) in [6.45, 7) is 19.7. The highest BCUT2D eigenvalue weighted by atomic mass is 32.1. The minimum atomic E-state index is 0.751. The molecule has 5 heterocycles. The fourth-order valence-corrected chi connectivity index (χ4v) is 9.88. The van der Waals surface area contributed by atoms with Crippen LogP contribution in [-0.4, -0.2) is 25.1 Å². The van der Waals surface area contributed by atoms with Gasteiger partial charge in [0, 0.05) is 44.3 Å². The summed E-state index contributed by atoms with van der Waals surface area (Å²) in [6.07, 6.45) is 8.69. The van der Waals surface area contributed by atoms with Gasteiger partial charge in [0.2, 0.25) is 0 Å². The van der Waals surface area contributed by atoms with Gasteiger partial charge in [-0.1, -0.05) is 65.2 Å². The molecule has 0 radical (unpaired) electrons. The van der Waals surface area contributed by atoms with Crippen LogP contribution in [0, 0.1) is 62.3 Å². The third-order valence-electron chi connectivity index (χ3n) is 11.9. The van der Waals surface area contributed by atoms with Crippen LogP contribution in [-0.2, 0) is 0 Å². The molecule has 4 aromatic carbocycles. The molecule has 2 N–H and O–H groups in total. The van der Waals surface area contributed by atoms with Gasteiger partial charge in [-0.3, -0.25) is 0 Å². The van der Waals surface area contributed by atoms with Gasteiger partial charge < -0.3 is 9.97 Å². The maximum Gasteiger partial charge on any atom is 0.0739 e. The fourth-order valence-electron chi connectivity index (χ4n) is 9.78. The lowest BCUT2D eigenvalue weighted by Crippen LogP contribution is -1.96. The Labute approximate surface area is 357 Å². The lowest BCUT2D eigenvalue weighted by molar-refractivity contribution is 1.27. The van der Waals surface area contributed by atoms with Crippen molar-refractivity contribution in [3.63, 3.8) is 0 Å². The number of nitrogens with zero attached hydrogens (tertiary/aromatic N) is 3. The first-order chi connectivity index (χ1) is 28.9. The number of H-pyrrole nitrogens is 2. The maximum atomic E-state index is 5.60. The van der Waals surface area contributed by atoms with Crippen molar-refractivity contribution < 1.29 is 0 Å². The number of fused-ring (bicyclic) bond motifs is 8. The molecule has 60 heavy (non-hydrogen) atoms. The number of isothiocyanates is 1. The second-order valence-corrected chi connectivity index (χ2v) is 16.8. The number of aliphatic imine (C=N–C) groups is 1. The Balaban J connectivity index is 1.51. The van der Waals surface area contributed by atoms with Crippen LogP contribution < -0.4 is 0 Å². The maximum absolute atomic E-state index is 5.60. The summed E-state index contributed by atoms with van der Waals surface area (Å²) in [4.78, 5) is 23.2. The number of hydrogen-bond acceptors (Lipinski definition) is 4. The zero-order valence-electron chi connectivity index (χ0n) is 35.6. The van der Waals surface area contributed by atoms with Crippen molar-refractivity contribution >= 4 is 69.4 Å². The van der Waals surface area contributed by atoms with Crippen molar-refractivity contribution in [3.8, 4) is 44.5 Å². The summed E-state index contributed by atoms with van der Waals surface area (Å²) in [5.74, 6) is 0. The number of aromatic amines is 2. The Morgan fingerprint density at radius 2 is 0.700 bits per heavy atom. The molecule has 2 aliphatic rings. The summed E-state index contributed by atoms with van der Waals surface area (Å²) < 4.78 is 0. The molecule has 9 rings (SSSR count). The average molecular weight is 798 g/mol. The number of nitrogens with one attached hydrogen (secondary N) is 2. The van der Waals surface area contributed by atoms with Crippen molar-refractivity contribution in [2.45, 2.75) is 62.3 Å². The Bertz CT molecular complexity index is 3110. The quantitative estimate of drug-likeness (QED) is 0.135. The molecule has 2 aliphatic heterocycles. The van der Waals surface area contributed by atoms with Gasteiger partial charge in [0.1, 0.15) is 0 Å². The SMILES string of the molecule is Cc1cc(C)c(-c2c3nc(c(-c4c(C)cc(C)cc4C)c4ccc([nH]4)c(-c4c(C)cc(C)cc4C)c4nc(c(-c5ccc(N=C=S)cc5)c5ccc2[nH]5)C=C4)C=C3)c(C)c1. The number of rotatable bonds is 5. The Morgan fingerprint density at radius 3 is 1.02 bits per heavy atom. The molecule has 0 amide bonds. The van der Waals surface area contributed by atoms with Gasteiger partial charge in [-0.2, -0.15) is 4.99 Å². The van der Waals surface area contributed by atoms with E-state index in [2.05, 4.69) is 180 Å². The number of hydrogen-bond donors (Lipinski definition) is 2. The van der Waals surface area contributed by atoms with E-state index in [0.29, 0.717) is 0 Å². The van der Waals surface area contributed by atoms with E-state index in [1.54, 1.807) is 0 Å². The molecule has 0 spiro atoms. The van der Waals surface area contributed by atoms with Crippen LogP contribution in [0.3, 0.4) is 0 Å². The van der Waals surface area contributed by atoms with Crippen molar-refractivity contribution in [3.05, 3.63) is 158 Å². The minimum absolute atomic E-state index is 0.751. The first-order valence-electron chi connectivity index (χ1n) is 20.5. The fraction of sp³-hybridized carbons (Fsp3) is 0.167. The first-order valence-corrected chi connectivity index (χ1v) is 20.9. The van der Waals surface area contributed by atoms with E-state index in [4.69, 9.17) is 22.2 Å². The van der Waals surface area contributed by atoms with E-state index in [1.807, 2.05) is 12.1 Å². The third-order valence-corrected chi connectivity index (χ3v) is 12.0. The van der Waals surface area contributed by atoms with Crippen LogP contribution in [0.1, 0.15) is 72.8 Å². The predicted molar refractivity (Wildman–Crippen MR) is 258 cm³/mol. The largest absolute Gasteiger partial charge is 0.354 e. The lowest BCUT2D eigenvalue weighted by Gasteiger charge is -2.14. The molecule has 8 bridgehead atoms. The predicted octanol–water partition coefficient (Wildman–Crippen LogP) is 14.8. The first kappa shape index (κ1) is 38.8. The molecule has 0 saturated carbocycles. The van der Waals surface area contributed by atoms with E-state index >= 15 is 0 Å². The average Bonchev–Trinajstić information content (AvgIpc) is 4.02. The van der Waals surface area contributed by atoms with Crippen LogP contribution in [0.4, 0.5) is 5.69 Å². The van der Waals surface area contributed by atoms with Gasteiger partial charge in [0.25, 0.3) is 0 Å². The lowest BCUT2D eigenvalue weighted by atomic mass is 9.92. The zero-order chi connectivity index (χ0) is 42.0. The Morgan fingerprint density at radius 1 is 0.400 bits per heavy atom. The Hall–Kier alpha value is -6.72. The second-order valence-electron chi connectivity index (χ2n) is 16.6. The van der Waals surface area contributed by atoms with E-state index in [9.17, 15) is 0 Å². The molecule has 7 aromatic rings. The van der Waals surface area contributed by atoms with Gasteiger partial charge >= 0.3 is 0 Å². The highest BCUT2D eigenvalue weighted by Crippen LogP contribution is 2.42. The minimum Gasteiger partial charge on any atom is -0.354 e. The van der Waals surface area contributed by atoms with Crippen molar-refractivity contribution in [2.24, 2.45) is 4.99 Å². The molecule has 0 saturated heterocycles. The van der Waals surface area contributed by atoms with E-state index < -0.39 is 0 Å². The van der Waals surface area contributed by atoms with E-state index in [0.717, 1.165) is 78.3 Å². The van der Waals surface area contributed by atoms with Crippen LogP contribution in [0.2, 0.25) is 0 Å². The topological polar surface area (TPSA) is 69.7 Å². The normalized spacial score (nSPS) is 11.9. The highest BCUT2D eigenvalue weighted by molar-refractivity contribution is 7.78. The molecule has 0 unspecified atom stereocenters. The van der Waals surface area contributed by atoms with Crippen molar-refractivity contribution in [1.29, 1.82) is 0 Å². The van der Waals surface area contributed by atoms with Crippen LogP contribution in [0.15, 0.2) is 89.9 Å². The molecule has 0 fully saturated rings. The van der Waals surface area contributed by atoms with Crippen LogP contribution in [0.25, 0.3) is 90.9 Å². The summed E-state index contributed by atoms with van der Waals surface area (Å²) in [6, 6.07) is 30.5. The number of benzene rings is 4. The summed E-state index contributed by atoms with van der Waals surface area (Å²) >= 11 is 4.93. The monoisotopic (exact) mass is 797 g/mol. The van der Waals surface area contributed by atoms with Gasteiger partial charge in [0.15, 0.2) is 0 Å². The molecule has 3 aromatic heterocycles. The number of aromatic nitrogens is 4. The molecule has 6 heteroatoms. The molecule has 5 nitrogen and oxygen atoms in total. The van der Waals surface area contributed by atoms with E-state index in [1.165, 1.54) is 66.8 Å². The van der Waals surface area contributed by atoms with Crippen molar-refractivity contribution in [1.82, 2.24) is 19.9 Å². The van der Waals surface area contributed by atoms with E-state index in [-0.39, 0.29) is 0 Å². The zero-order valence-corrected chi connectivity index (χ0v) is 36.5. The van der Waals surface area contributed by atoms with Gasteiger partial charge in [-0.05, 0) is 191 Å². The smallest absolute Gasteiger partial charge is 0.0739 e. The molecular formula is C54H47N5S. The molecular weight excluding hydrogens is 751 g/mol. The second kappa shape index (κ2) is 15.1. The molecule has 294 valence electrons. The Kier molecular flexibility index (Phi) is 9.79. The molecule has 0 atom stereocenters. The van der Waals surface area contributed by atoms with Crippen LogP contribution >= 0.6 is 12.2 Å². The van der Waals surface area contributed by atoms with Crippen LogP contribution in [0.5, 0.6) is 0 Å². The number of aryl methyl sites for hydroxylation is 9. The third kappa shape index (κ3) is 6.78. The summed E-state index contributed by atoms with van der Waals surface area (Å²) in [7, 11) is 0.